The van der Waals surface area contributed by atoms with Crippen molar-refractivity contribution in [2.24, 2.45) is 0 Å². The number of hydrogen-bond donors (Lipinski definition) is 1. The number of imidazole rings is 1. The van der Waals surface area contributed by atoms with Gasteiger partial charge in [-0.3, -0.25) is 4.79 Å². The first-order valence-electron chi connectivity index (χ1n) is 8.83. The van der Waals surface area contributed by atoms with E-state index in [2.05, 4.69) is 18.8 Å². The molecule has 1 aromatic heterocycles. The number of ether oxygens (including phenoxy) is 1. The second-order valence-corrected chi connectivity index (χ2v) is 6.74. The Labute approximate surface area is 153 Å². The van der Waals surface area contributed by atoms with Gasteiger partial charge in [0.1, 0.15) is 24.3 Å². The summed E-state index contributed by atoms with van der Waals surface area (Å²) in [6.45, 7) is 6.17. The lowest BCUT2D eigenvalue weighted by atomic mass is 10.1. The lowest BCUT2D eigenvalue weighted by Crippen LogP contribution is -2.25. The van der Waals surface area contributed by atoms with Crippen molar-refractivity contribution in [1.82, 2.24) is 9.55 Å². The van der Waals surface area contributed by atoms with Crippen LogP contribution in [0.3, 0.4) is 0 Å². The van der Waals surface area contributed by atoms with Crippen LogP contribution in [-0.2, 0) is 6.54 Å². The number of carbonyl (C=O) groups excluding carboxylic acids is 1. The van der Waals surface area contributed by atoms with Crippen molar-refractivity contribution in [2.45, 2.75) is 39.3 Å². The van der Waals surface area contributed by atoms with Gasteiger partial charge in [-0.05, 0) is 31.2 Å². The van der Waals surface area contributed by atoms with Gasteiger partial charge in [-0.2, -0.15) is 0 Å². The van der Waals surface area contributed by atoms with Gasteiger partial charge in [-0.15, -0.1) is 0 Å². The molecule has 1 heterocycles. The number of aliphatic hydroxyl groups excluding tert-OH is 1. The molecule has 1 atom stereocenters. The highest BCUT2D eigenvalue weighted by molar-refractivity contribution is 5.96. The van der Waals surface area contributed by atoms with Crippen molar-refractivity contribution < 1.29 is 14.6 Å². The summed E-state index contributed by atoms with van der Waals surface area (Å²) in [5.41, 5.74) is 2.45. The molecule has 0 saturated carbocycles. The molecule has 0 amide bonds. The number of aliphatic hydroxyl groups is 1. The SMILES string of the molecule is CC(=O)c1ccccc1OC[C@H](O)Cn1c(C(C)C)nc2ccccc21. The molecule has 0 radical (unpaired) electrons. The van der Waals surface area contributed by atoms with Crippen molar-refractivity contribution in [3.63, 3.8) is 0 Å². The third kappa shape index (κ3) is 3.78. The highest BCUT2D eigenvalue weighted by Crippen LogP contribution is 2.23. The van der Waals surface area contributed by atoms with E-state index in [0.29, 0.717) is 17.9 Å². The number of aromatic nitrogens is 2. The average molecular weight is 352 g/mol. The predicted molar refractivity (Wildman–Crippen MR) is 102 cm³/mol. The first-order valence-corrected chi connectivity index (χ1v) is 8.83. The van der Waals surface area contributed by atoms with Crippen LogP contribution in [0.4, 0.5) is 0 Å². The van der Waals surface area contributed by atoms with Crippen molar-refractivity contribution in [2.75, 3.05) is 6.61 Å². The zero-order chi connectivity index (χ0) is 18.7. The van der Waals surface area contributed by atoms with Gasteiger partial charge >= 0.3 is 0 Å². The van der Waals surface area contributed by atoms with Crippen LogP contribution in [0, 0.1) is 0 Å². The number of benzene rings is 2. The first-order chi connectivity index (χ1) is 12.5. The maximum atomic E-state index is 11.7. The highest BCUT2D eigenvalue weighted by Gasteiger charge is 2.17. The summed E-state index contributed by atoms with van der Waals surface area (Å²) < 4.78 is 7.76. The number of fused-ring (bicyclic) bond motifs is 1. The third-order valence-electron chi connectivity index (χ3n) is 4.29. The molecule has 136 valence electrons. The van der Waals surface area contributed by atoms with Crippen LogP contribution >= 0.6 is 0 Å². The number of para-hydroxylation sites is 3. The summed E-state index contributed by atoms with van der Waals surface area (Å²) in [6, 6.07) is 15.0. The molecule has 26 heavy (non-hydrogen) atoms. The lowest BCUT2D eigenvalue weighted by molar-refractivity contribution is 0.0897. The molecule has 3 rings (SSSR count). The Hall–Kier alpha value is -2.66. The molecule has 0 fully saturated rings. The number of carbonyl (C=O) groups is 1. The zero-order valence-corrected chi connectivity index (χ0v) is 15.3. The van der Waals surface area contributed by atoms with Gasteiger partial charge in [0.15, 0.2) is 5.78 Å². The molecule has 0 aliphatic carbocycles. The molecule has 3 aromatic rings. The molecular weight excluding hydrogens is 328 g/mol. The fourth-order valence-electron chi connectivity index (χ4n) is 3.06. The lowest BCUT2D eigenvalue weighted by Gasteiger charge is -2.17. The summed E-state index contributed by atoms with van der Waals surface area (Å²) >= 11 is 0. The molecule has 1 N–H and O–H groups in total. The van der Waals surface area contributed by atoms with Crippen LogP contribution in [-0.4, -0.2) is 33.2 Å². The molecule has 0 unspecified atom stereocenters. The molecule has 0 aliphatic rings. The Morgan fingerprint density at radius 2 is 1.85 bits per heavy atom. The zero-order valence-electron chi connectivity index (χ0n) is 15.3. The van der Waals surface area contributed by atoms with Crippen LogP contribution in [0.25, 0.3) is 11.0 Å². The molecule has 5 nitrogen and oxygen atoms in total. The number of Topliss-reactive ketones (excluding diaryl/α,β-unsaturated/α-hetero) is 1. The van der Waals surface area contributed by atoms with E-state index in [0.717, 1.165) is 16.9 Å². The monoisotopic (exact) mass is 352 g/mol. The Balaban J connectivity index is 1.77. The fraction of sp³-hybridized carbons (Fsp3) is 0.333. The van der Waals surface area contributed by atoms with E-state index in [1.165, 1.54) is 6.92 Å². The summed E-state index contributed by atoms with van der Waals surface area (Å²) in [7, 11) is 0. The van der Waals surface area contributed by atoms with Gasteiger partial charge in [-0.1, -0.05) is 38.1 Å². The maximum absolute atomic E-state index is 11.7. The second-order valence-electron chi connectivity index (χ2n) is 6.74. The van der Waals surface area contributed by atoms with Gasteiger partial charge in [0, 0.05) is 5.92 Å². The Morgan fingerprint density at radius 1 is 1.15 bits per heavy atom. The summed E-state index contributed by atoms with van der Waals surface area (Å²) in [5, 5.41) is 10.5. The fourth-order valence-corrected chi connectivity index (χ4v) is 3.06. The maximum Gasteiger partial charge on any atom is 0.163 e. The molecule has 0 spiro atoms. The largest absolute Gasteiger partial charge is 0.490 e. The highest BCUT2D eigenvalue weighted by atomic mass is 16.5. The normalized spacial score (nSPS) is 12.5. The van der Waals surface area contributed by atoms with E-state index in [1.54, 1.807) is 18.2 Å². The van der Waals surface area contributed by atoms with Gasteiger partial charge in [-0.25, -0.2) is 4.98 Å². The van der Waals surface area contributed by atoms with E-state index in [9.17, 15) is 9.90 Å². The molecule has 2 aromatic carbocycles. The predicted octanol–water partition coefficient (Wildman–Crippen LogP) is 3.80. The van der Waals surface area contributed by atoms with Gasteiger partial charge < -0.3 is 14.4 Å². The van der Waals surface area contributed by atoms with Crippen molar-refractivity contribution in [3.05, 3.63) is 59.9 Å². The van der Waals surface area contributed by atoms with Crippen molar-refractivity contribution >= 4 is 16.8 Å². The van der Waals surface area contributed by atoms with Crippen LogP contribution in [0.15, 0.2) is 48.5 Å². The number of ketones is 1. The van der Waals surface area contributed by atoms with E-state index < -0.39 is 6.10 Å². The second kappa shape index (κ2) is 7.70. The number of rotatable bonds is 7. The van der Waals surface area contributed by atoms with Gasteiger partial charge in [0.2, 0.25) is 0 Å². The molecule has 0 bridgehead atoms. The van der Waals surface area contributed by atoms with Gasteiger partial charge in [0.25, 0.3) is 0 Å². The number of nitrogens with zero attached hydrogens (tertiary/aromatic N) is 2. The van der Waals surface area contributed by atoms with Crippen LogP contribution in [0.5, 0.6) is 5.75 Å². The summed E-state index contributed by atoms with van der Waals surface area (Å²) in [4.78, 5) is 16.4. The minimum atomic E-state index is -0.717. The molecular formula is C21H24N2O3. The Bertz CT molecular complexity index is 915. The quantitative estimate of drug-likeness (QED) is 0.657. The Kier molecular flexibility index (Phi) is 5.38. The summed E-state index contributed by atoms with van der Waals surface area (Å²) in [6.07, 6.45) is -0.717. The van der Waals surface area contributed by atoms with E-state index in [1.807, 2.05) is 34.9 Å². The van der Waals surface area contributed by atoms with Crippen molar-refractivity contribution in [1.29, 1.82) is 0 Å². The smallest absolute Gasteiger partial charge is 0.163 e. The third-order valence-corrected chi connectivity index (χ3v) is 4.29. The molecule has 0 saturated heterocycles. The van der Waals surface area contributed by atoms with E-state index >= 15 is 0 Å². The molecule has 0 aliphatic heterocycles. The van der Waals surface area contributed by atoms with Crippen LogP contribution in [0.2, 0.25) is 0 Å². The van der Waals surface area contributed by atoms with Crippen LogP contribution < -0.4 is 4.74 Å². The van der Waals surface area contributed by atoms with E-state index in [4.69, 9.17) is 4.74 Å². The minimum absolute atomic E-state index is 0.0576. The number of hydrogen-bond acceptors (Lipinski definition) is 4. The Morgan fingerprint density at radius 3 is 2.58 bits per heavy atom. The average Bonchev–Trinajstić information content (AvgIpc) is 2.99. The summed E-state index contributed by atoms with van der Waals surface area (Å²) in [5.74, 6) is 1.62. The first kappa shape index (κ1) is 18.1. The van der Waals surface area contributed by atoms with E-state index in [-0.39, 0.29) is 18.3 Å². The molecule has 5 heteroatoms. The van der Waals surface area contributed by atoms with Crippen LogP contribution in [0.1, 0.15) is 42.9 Å². The standard InChI is InChI=1S/C21H24N2O3/c1-14(2)21-22-18-9-5-6-10-19(18)23(21)12-16(25)13-26-20-11-7-4-8-17(20)15(3)24/h4-11,14,16,25H,12-13H2,1-3H3/t16-/m1/s1. The van der Waals surface area contributed by atoms with Crippen molar-refractivity contribution in [3.8, 4) is 5.75 Å². The van der Waals surface area contributed by atoms with Gasteiger partial charge in [0.05, 0.1) is 23.1 Å². The minimum Gasteiger partial charge on any atom is -0.490 e. The topological polar surface area (TPSA) is 64.3 Å².